The molecule has 0 aliphatic rings. The molecule has 0 aliphatic carbocycles. The highest BCUT2D eigenvalue weighted by atomic mass is 19.4. The maximum absolute atomic E-state index is 11.3. The lowest BCUT2D eigenvalue weighted by molar-refractivity contribution is -0.465. The Kier molecular flexibility index (Phi) is 3.08. The largest absolute Gasteiger partial charge is 0.515 e. The van der Waals surface area contributed by atoms with E-state index in [1.54, 1.807) is 0 Å². The van der Waals surface area contributed by atoms with Gasteiger partial charge in [-0.15, -0.1) is 4.39 Å². The number of nitrogens with zero attached hydrogens (tertiary/aromatic N) is 1. The van der Waals surface area contributed by atoms with Gasteiger partial charge in [0.25, 0.3) is 0 Å². The molecule has 0 fully saturated rings. The van der Waals surface area contributed by atoms with Gasteiger partial charge in [-0.05, 0) is 0 Å². The van der Waals surface area contributed by atoms with Crippen molar-refractivity contribution in [1.29, 1.82) is 0 Å². The minimum Gasteiger partial charge on any atom is -0.325 e. The molecular formula is C3F7NO2. The van der Waals surface area contributed by atoms with E-state index in [4.69, 9.17) is 0 Å². The van der Waals surface area contributed by atoms with Gasteiger partial charge in [0.15, 0.2) is 0 Å². The normalized spacial score (nSPS) is 13.2. The van der Waals surface area contributed by atoms with Crippen molar-refractivity contribution < 1.29 is 40.4 Å². The molecule has 3 nitrogen and oxygen atoms in total. The summed E-state index contributed by atoms with van der Waals surface area (Å²) < 4.78 is 79.1. The Morgan fingerprint density at radius 1 is 1.00 bits per heavy atom. The lowest BCUT2D eigenvalue weighted by Gasteiger charge is -2.22. The average molecular weight is 215 g/mol. The van der Waals surface area contributed by atoms with Crippen molar-refractivity contribution in [2.45, 2.75) is 12.6 Å². The van der Waals surface area contributed by atoms with Crippen LogP contribution < -0.4 is 0 Å². The highest BCUT2D eigenvalue weighted by molar-refractivity contribution is 5.57. The summed E-state index contributed by atoms with van der Waals surface area (Å²) in [6, 6.07) is 0. The van der Waals surface area contributed by atoms with Gasteiger partial charge < -0.3 is 4.84 Å². The minimum absolute atomic E-state index is 2.26. The fraction of sp³-hybridized carbons (Fsp3) is 0.667. The van der Waals surface area contributed by atoms with Crippen LogP contribution in [0.25, 0.3) is 0 Å². The first-order valence-corrected chi connectivity index (χ1v) is 2.36. The molecule has 0 aromatic heterocycles. The maximum Gasteiger partial charge on any atom is 0.515 e. The predicted octanol–water partition coefficient (Wildman–Crippen LogP) is 2.35. The summed E-state index contributed by atoms with van der Waals surface area (Å²) in [5, 5.41) is -2.65. The Labute approximate surface area is 65.6 Å². The molecule has 0 amide bonds. The third-order valence-electron chi connectivity index (χ3n) is 0.624. The van der Waals surface area contributed by atoms with Crippen LogP contribution in [0.2, 0.25) is 0 Å². The Bertz CT molecular complexity index is 181. The van der Waals surface area contributed by atoms with Gasteiger partial charge in [-0.1, -0.05) is 0 Å². The molecule has 78 valence electrons. The van der Waals surface area contributed by atoms with Gasteiger partial charge in [-0.3, -0.25) is 0 Å². The second-order valence-corrected chi connectivity index (χ2v) is 1.56. The molecule has 0 rings (SSSR count). The van der Waals surface area contributed by atoms with Crippen LogP contribution in [0.5, 0.6) is 0 Å². The maximum atomic E-state index is 11.3. The van der Waals surface area contributed by atoms with Crippen LogP contribution in [-0.2, 0) is 4.84 Å². The van der Waals surface area contributed by atoms with Crippen LogP contribution in [0.3, 0.4) is 0 Å². The average Bonchev–Trinajstić information content (AvgIpc) is 1.77. The monoisotopic (exact) mass is 215 g/mol. The first-order chi connectivity index (χ1) is 5.55. The van der Waals surface area contributed by atoms with Crippen LogP contribution in [0.4, 0.5) is 35.5 Å². The molecule has 0 saturated carbocycles. The highest BCUT2D eigenvalue weighted by Gasteiger charge is 2.58. The molecule has 0 heterocycles. The summed E-state index contributed by atoms with van der Waals surface area (Å²) in [4.78, 5) is 11.5. The lowest BCUT2D eigenvalue weighted by Crippen LogP contribution is -2.48. The third kappa shape index (κ3) is 3.92. The number of alkyl halides is 6. The zero-order chi connectivity index (χ0) is 10.9. The van der Waals surface area contributed by atoms with E-state index in [1.807, 2.05) is 0 Å². The Morgan fingerprint density at radius 2 is 1.31 bits per heavy atom. The molecule has 10 heteroatoms. The van der Waals surface area contributed by atoms with Gasteiger partial charge in [0.1, 0.15) is 0 Å². The van der Waals surface area contributed by atoms with Gasteiger partial charge in [-0.25, -0.2) is 4.79 Å². The summed E-state index contributed by atoms with van der Waals surface area (Å²) in [5.41, 5.74) is 0. The molecule has 0 unspecified atom stereocenters. The van der Waals surface area contributed by atoms with E-state index in [0.717, 1.165) is 0 Å². The molecule has 0 N–H and O–H groups in total. The molecule has 0 aromatic rings. The second kappa shape index (κ2) is 3.36. The zero-order valence-corrected chi connectivity index (χ0v) is 5.41. The molecular weight excluding hydrogens is 215 g/mol. The van der Waals surface area contributed by atoms with Gasteiger partial charge in [0, 0.05) is 0 Å². The summed E-state index contributed by atoms with van der Waals surface area (Å²) >= 11 is 0. The Hall–Kier alpha value is -1.06. The van der Waals surface area contributed by atoms with Gasteiger partial charge >= 0.3 is 18.8 Å². The van der Waals surface area contributed by atoms with Gasteiger partial charge in [0.05, 0.1) is 5.06 Å². The molecule has 0 atom stereocenters. The van der Waals surface area contributed by atoms with Crippen LogP contribution in [0, 0.1) is 0 Å². The molecule has 0 bridgehead atoms. The van der Waals surface area contributed by atoms with E-state index in [9.17, 15) is 35.5 Å². The van der Waals surface area contributed by atoms with Crippen molar-refractivity contribution in [2.75, 3.05) is 0 Å². The summed E-state index contributed by atoms with van der Waals surface area (Å²) in [7, 11) is 0. The Morgan fingerprint density at radius 3 is 1.38 bits per heavy atom. The van der Waals surface area contributed by atoms with E-state index < -0.39 is 23.9 Å². The van der Waals surface area contributed by atoms with E-state index in [-0.39, 0.29) is 0 Å². The number of hydrogen-bond acceptors (Lipinski definition) is 3. The van der Waals surface area contributed by atoms with Crippen LogP contribution in [0.1, 0.15) is 0 Å². The molecule has 0 saturated heterocycles. The van der Waals surface area contributed by atoms with Crippen molar-refractivity contribution in [1.82, 2.24) is 5.06 Å². The number of hydrogen-bond donors (Lipinski definition) is 0. The molecule has 0 spiro atoms. The summed E-state index contributed by atoms with van der Waals surface area (Å²) in [5.74, 6) is 0. The van der Waals surface area contributed by atoms with E-state index in [0.29, 0.717) is 0 Å². The standard InChI is InChI=1S/C3F7NO2/c4-1(12)13-11(2(5,6)7)3(8,9)10. The first-order valence-electron chi connectivity index (χ1n) is 2.36. The quantitative estimate of drug-likeness (QED) is 0.291. The Balaban J connectivity index is 4.68. The van der Waals surface area contributed by atoms with E-state index >= 15 is 0 Å². The number of halogens is 7. The number of rotatable bonds is 1. The van der Waals surface area contributed by atoms with Crippen molar-refractivity contribution in [3.05, 3.63) is 0 Å². The fourth-order valence-electron chi connectivity index (χ4n) is 0.319. The van der Waals surface area contributed by atoms with Crippen molar-refractivity contribution >= 4 is 6.22 Å². The van der Waals surface area contributed by atoms with Crippen molar-refractivity contribution in [3.63, 3.8) is 0 Å². The second-order valence-electron chi connectivity index (χ2n) is 1.56. The molecule has 0 aliphatic heterocycles. The van der Waals surface area contributed by atoms with Crippen LogP contribution in [-0.4, -0.2) is 23.9 Å². The fourth-order valence-corrected chi connectivity index (χ4v) is 0.319. The summed E-state index contributed by atoms with van der Waals surface area (Å²) in [6.07, 6.45) is -15.3. The van der Waals surface area contributed by atoms with Crippen LogP contribution >= 0.6 is 0 Å². The van der Waals surface area contributed by atoms with E-state index in [1.165, 1.54) is 0 Å². The molecule has 0 radical (unpaired) electrons. The minimum atomic E-state index is -6.04. The number of carbonyl (C=O) groups excluding carboxylic acids is 1. The predicted molar refractivity (Wildman–Crippen MR) is 21.5 cm³/mol. The first kappa shape index (κ1) is 11.9. The van der Waals surface area contributed by atoms with Gasteiger partial charge in [-0.2, -0.15) is 26.3 Å². The topological polar surface area (TPSA) is 29.5 Å². The van der Waals surface area contributed by atoms with E-state index in [2.05, 4.69) is 4.84 Å². The smallest absolute Gasteiger partial charge is 0.325 e. The zero-order valence-electron chi connectivity index (χ0n) is 5.41. The SMILES string of the molecule is O=C(F)ON(C(F)(F)F)C(F)(F)F. The van der Waals surface area contributed by atoms with Gasteiger partial charge in [0.2, 0.25) is 0 Å². The van der Waals surface area contributed by atoms with Crippen molar-refractivity contribution in [2.24, 2.45) is 0 Å². The third-order valence-corrected chi connectivity index (χ3v) is 0.624. The molecule has 13 heavy (non-hydrogen) atoms. The molecule has 0 aromatic carbocycles. The number of carbonyl (C=O) groups is 1. The van der Waals surface area contributed by atoms with Crippen molar-refractivity contribution in [3.8, 4) is 0 Å². The number of hydroxylamine groups is 2. The summed E-state index contributed by atoms with van der Waals surface area (Å²) in [6.45, 7) is 0. The lowest BCUT2D eigenvalue weighted by atomic mass is 10.9. The van der Waals surface area contributed by atoms with Crippen LogP contribution in [0.15, 0.2) is 0 Å². The highest BCUT2D eigenvalue weighted by Crippen LogP contribution is 2.33.